The molecule has 1 heterocycles. The van der Waals surface area contributed by atoms with Gasteiger partial charge in [-0.25, -0.2) is 0 Å². The smallest absolute Gasteiger partial charge is 0.129 e. The molecule has 2 rings (SSSR count). The van der Waals surface area contributed by atoms with Gasteiger partial charge in [-0.05, 0) is 12.1 Å². The van der Waals surface area contributed by atoms with Gasteiger partial charge in [0.25, 0.3) is 0 Å². The Kier molecular flexibility index (Phi) is 3.19. The van der Waals surface area contributed by atoms with Crippen LogP contribution in [0.5, 0.6) is 0 Å². The molecule has 2 nitrogen and oxygen atoms in total. The molecule has 0 bridgehead atoms. The van der Waals surface area contributed by atoms with Gasteiger partial charge < -0.3 is 0 Å². The van der Waals surface area contributed by atoms with Crippen LogP contribution in [0.25, 0.3) is 11.3 Å². The Hall–Kier alpha value is -0.700. The molecule has 0 radical (unpaired) electrons. The average Bonchev–Trinajstić information content (AvgIpc) is 2.61. The van der Waals surface area contributed by atoms with Crippen molar-refractivity contribution in [2.24, 2.45) is 0 Å². The van der Waals surface area contributed by atoms with Crippen LogP contribution in [0.1, 0.15) is 5.56 Å². The normalized spacial score (nSPS) is 10.6. The van der Waals surface area contributed by atoms with Gasteiger partial charge in [-0.1, -0.05) is 35.3 Å². The minimum Gasteiger partial charge on any atom is -0.266 e. The average molecular weight is 262 g/mol. The molecule has 2 aromatic rings. The summed E-state index contributed by atoms with van der Waals surface area (Å²) in [5.74, 6) is 0.327. The highest BCUT2D eigenvalue weighted by Crippen LogP contribution is 2.28. The van der Waals surface area contributed by atoms with E-state index >= 15 is 0 Å². The van der Waals surface area contributed by atoms with Crippen molar-refractivity contribution in [1.82, 2.24) is 10.2 Å². The Morgan fingerprint density at radius 1 is 1.13 bits per heavy atom. The quantitative estimate of drug-likeness (QED) is 0.809. The van der Waals surface area contributed by atoms with Crippen LogP contribution in [-0.2, 0) is 5.88 Å². The van der Waals surface area contributed by atoms with Crippen LogP contribution in [0.4, 0.5) is 0 Å². The molecule has 0 saturated carbocycles. The molecule has 0 spiro atoms. The zero-order valence-electron chi connectivity index (χ0n) is 7.60. The van der Waals surface area contributed by atoms with E-state index in [1.54, 1.807) is 12.1 Å². The van der Waals surface area contributed by atoms with Crippen LogP contribution in [0.3, 0.4) is 0 Å². The number of hydrogen-bond donors (Lipinski definition) is 1. The number of aromatic nitrogens is 2. The molecule has 0 unspecified atom stereocenters. The van der Waals surface area contributed by atoms with Crippen molar-refractivity contribution >= 4 is 34.8 Å². The first-order valence-corrected chi connectivity index (χ1v) is 5.56. The number of halogens is 3. The molecule has 78 valence electrons. The number of nitrogens with one attached hydrogen (secondary N) is 1. The van der Waals surface area contributed by atoms with E-state index in [1.807, 2.05) is 12.1 Å². The highest BCUT2D eigenvalue weighted by molar-refractivity contribution is 6.31. The lowest BCUT2D eigenvalue weighted by molar-refractivity contribution is 1.10. The van der Waals surface area contributed by atoms with Gasteiger partial charge >= 0.3 is 0 Å². The Balaban J connectivity index is 2.49. The number of H-pyrrole nitrogens is 1. The Morgan fingerprint density at radius 3 is 2.40 bits per heavy atom. The molecule has 0 saturated heterocycles. The zero-order chi connectivity index (χ0) is 10.8. The van der Waals surface area contributed by atoms with Crippen molar-refractivity contribution in [1.29, 1.82) is 0 Å². The lowest BCUT2D eigenvalue weighted by Gasteiger charge is -1.99. The van der Waals surface area contributed by atoms with Crippen LogP contribution in [-0.4, -0.2) is 10.2 Å². The first kappa shape index (κ1) is 10.8. The first-order chi connectivity index (χ1) is 7.22. The summed E-state index contributed by atoms with van der Waals surface area (Å²) >= 11 is 17.5. The van der Waals surface area contributed by atoms with Crippen molar-refractivity contribution in [3.05, 3.63) is 40.0 Å². The third-order valence-corrected chi connectivity index (χ3v) is 2.90. The SMILES string of the molecule is ClCc1c(-c2ccc(Cl)cc2)n[nH]c1Cl. The predicted molar refractivity (Wildman–Crippen MR) is 63.6 cm³/mol. The highest BCUT2D eigenvalue weighted by Gasteiger charge is 2.11. The molecule has 1 N–H and O–H groups in total. The summed E-state index contributed by atoms with van der Waals surface area (Å²) in [7, 11) is 0. The van der Waals surface area contributed by atoms with Crippen molar-refractivity contribution in [3.8, 4) is 11.3 Å². The maximum absolute atomic E-state index is 5.90. The molecule has 1 aromatic carbocycles. The number of benzene rings is 1. The van der Waals surface area contributed by atoms with Gasteiger partial charge in [-0.2, -0.15) is 5.10 Å². The summed E-state index contributed by atoms with van der Waals surface area (Å²) in [6.07, 6.45) is 0. The van der Waals surface area contributed by atoms with Gasteiger partial charge in [0.15, 0.2) is 0 Å². The van der Waals surface area contributed by atoms with E-state index in [0.717, 1.165) is 16.8 Å². The van der Waals surface area contributed by atoms with Crippen LogP contribution in [0, 0.1) is 0 Å². The molecular weight excluding hydrogens is 254 g/mol. The van der Waals surface area contributed by atoms with Gasteiger partial charge in [0.1, 0.15) is 5.15 Å². The van der Waals surface area contributed by atoms with E-state index in [9.17, 15) is 0 Å². The van der Waals surface area contributed by atoms with Gasteiger partial charge in [0.2, 0.25) is 0 Å². The van der Waals surface area contributed by atoms with Crippen molar-refractivity contribution < 1.29 is 0 Å². The lowest BCUT2D eigenvalue weighted by atomic mass is 10.1. The van der Waals surface area contributed by atoms with Crippen molar-refractivity contribution in [3.63, 3.8) is 0 Å². The number of alkyl halides is 1. The van der Waals surface area contributed by atoms with Crippen LogP contribution >= 0.6 is 34.8 Å². The third kappa shape index (κ3) is 2.12. The fourth-order valence-corrected chi connectivity index (χ4v) is 1.97. The minimum absolute atomic E-state index is 0.327. The molecule has 0 aliphatic heterocycles. The summed E-state index contributed by atoms with van der Waals surface area (Å²) in [6.45, 7) is 0. The van der Waals surface area contributed by atoms with E-state index in [4.69, 9.17) is 34.8 Å². The number of rotatable bonds is 2. The van der Waals surface area contributed by atoms with Crippen LogP contribution in [0.2, 0.25) is 10.2 Å². The van der Waals surface area contributed by atoms with E-state index < -0.39 is 0 Å². The van der Waals surface area contributed by atoms with Gasteiger partial charge in [-0.15, -0.1) is 11.6 Å². The third-order valence-electron chi connectivity index (χ3n) is 2.07. The number of nitrogens with zero attached hydrogens (tertiary/aromatic N) is 1. The molecule has 0 aliphatic carbocycles. The van der Waals surface area contributed by atoms with Crippen LogP contribution in [0.15, 0.2) is 24.3 Å². The number of hydrogen-bond acceptors (Lipinski definition) is 1. The second kappa shape index (κ2) is 4.44. The fraction of sp³-hybridized carbons (Fsp3) is 0.100. The molecule has 5 heteroatoms. The first-order valence-electron chi connectivity index (χ1n) is 4.27. The van der Waals surface area contributed by atoms with Crippen molar-refractivity contribution in [2.75, 3.05) is 0 Å². The Morgan fingerprint density at radius 2 is 1.80 bits per heavy atom. The maximum atomic E-state index is 5.90. The second-order valence-corrected chi connectivity index (χ2v) is 4.09. The van der Waals surface area contributed by atoms with Gasteiger partial charge in [-0.3, -0.25) is 5.10 Å². The van der Waals surface area contributed by atoms with E-state index in [0.29, 0.717) is 16.1 Å². The lowest BCUT2D eigenvalue weighted by Crippen LogP contribution is -1.83. The maximum Gasteiger partial charge on any atom is 0.129 e. The molecule has 15 heavy (non-hydrogen) atoms. The number of aromatic amines is 1. The monoisotopic (exact) mass is 260 g/mol. The summed E-state index contributed by atoms with van der Waals surface area (Å²) in [4.78, 5) is 0. The van der Waals surface area contributed by atoms with E-state index in [1.165, 1.54) is 0 Å². The van der Waals surface area contributed by atoms with Crippen molar-refractivity contribution in [2.45, 2.75) is 5.88 Å². The molecule has 0 atom stereocenters. The summed E-state index contributed by atoms with van der Waals surface area (Å²) < 4.78 is 0. The standard InChI is InChI=1S/C10H7Cl3N2/c11-5-8-9(14-15-10(8)13)6-1-3-7(12)4-2-6/h1-4H,5H2,(H,14,15). The highest BCUT2D eigenvalue weighted by atomic mass is 35.5. The summed E-state index contributed by atoms with van der Waals surface area (Å²) in [6, 6.07) is 7.37. The van der Waals surface area contributed by atoms with Crippen LogP contribution < -0.4 is 0 Å². The second-order valence-electron chi connectivity index (χ2n) is 3.01. The topological polar surface area (TPSA) is 28.7 Å². The molecular formula is C10H7Cl3N2. The van der Waals surface area contributed by atoms with E-state index in [2.05, 4.69) is 10.2 Å². The minimum atomic E-state index is 0.327. The van der Waals surface area contributed by atoms with E-state index in [-0.39, 0.29) is 0 Å². The largest absolute Gasteiger partial charge is 0.266 e. The summed E-state index contributed by atoms with van der Waals surface area (Å²) in [5, 5.41) is 7.97. The van der Waals surface area contributed by atoms with Gasteiger partial charge in [0, 0.05) is 16.1 Å². The molecule has 0 fully saturated rings. The fourth-order valence-electron chi connectivity index (χ4n) is 1.31. The molecule has 0 amide bonds. The summed E-state index contributed by atoms with van der Waals surface area (Å²) in [5.41, 5.74) is 2.52. The zero-order valence-corrected chi connectivity index (χ0v) is 9.87. The molecule has 1 aromatic heterocycles. The van der Waals surface area contributed by atoms with Gasteiger partial charge in [0.05, 0.1) is 11.6 Å². The Bertz CT molecular complexity index is 462. The Labute approximate surface area is 102 Å². The molecule has 0 aliphatic rings. The predicted octanol–water partition coefficient (Wildman–Crippen LogP) is 4.12.